The maximum absolute atomic E-state index is 12.3. The first-order chi connectivity index (χ1) is 10.8. The van der Waals surface area contributed by atoms with Gasteiger partial charge in [-0.1, -0.05) is 12.5 Å². The molecular formula is C15H24BNO6. The number of ether oxygens (including phenoxy) is 1. The number of carbonyl (C=O) groups excluding carboxylic acids is 2. The lowest BCUT2D eigenvalue weighted by Gasteiger charge is -2.53. The van der Waals surface area contributed by atoms with Gasteiger partial charge in [0, 0.05) is 0 Å². The average molecular weight is 325 g/mol. The monoisotopic (exact) mass is 325 g/mol. The van der Waals surface area contributed by atoms with Crippen molar-refractivity contribution in [1.29, 1.82) is 0 Å². The molecule has 0 aromatic heterocycles. The van der Waals surface area contributed by atoms with Crippen LogP contribution in [0, 0.1) is 5.92 Å². The van der Waals surface area contributed by atoms with Crippen molar-refractivity contribution < 1.29 is 29.5 Å². The van der Waals surface area contributed by atoms with Gasteiger partial charge in [0.2, 0.25) is 11.4 Å². The zero-order valence-electron chi connectivity index (χ0n) is 13.3. The predicted molar refractivity (Wildman–Crippen MR) is 83.1 cm³/mol. The summed E-state index contributed by atoms with van der Waals surface area (Å²) in [5, 5.41) is 31.2. The van der Waals surface area contributed by atoms with Crippen LogP contribution in [0.3, 0.4) is 0 Å². The van der Waals surface area contributed by atoms with Gasteiger partial charge in [0.05, 0.1) is 12.0 Å². The van der Waals surface area contributed by atoms with Gasteiger partial charge in [-0.15, -0.1) is 6.58 Å². The minimum absolute atomic E-state index is 0.00324. The fraction of sp³-hybridized carbons (Fsp3) is 0.733. The van der Waals surface area contributed by atoms with Crippen LogP contribution in [-0.2, 0) is 14.3 Å². The number of rotatable bonds is 9. The van der Waals surface area contributed by atoms with E-state index in [0.717, 1.165) is 12.8 Å². The summed E-state index contributed by atoms with van der Waals surface area (Å²) in [6.45, 7) is 5.25. The van der Waals surface area contributed by atoms with E-state index in [1.54, 1.807) is 13.0 Å². The van der Waals surface area contributed by atoms with E-state index in [0.29, 0.717) is 12.8 Å². The van der Waals surface area contributed by atoms with E-state index in [4.69, 9.17) is 14.8 Å². The second-order valence-corrected chi connectivity index (χ2v) is 6.49. The van der Waals surface area contributed by atoms with Crippen LogP contribution in [0.25, 0.3) is 0 Å². The van der Waals surface area contributed by atoms with Crippen molar-refractivity contribution in [3.63, 3.8) is 0 Å². The molecule has 0 aromatic rings. The molecule has 0 aliphatic carbocycles. The fourth-order valence-electron chi connectivity index (χ4n) is 3.68. The van der Waals surface area contributed by atoms with Crippen molar-refractivity contribution in [1.82, 2.24) is 5.32 Å². The van der Waals surface area contributed by atoms with Crippen molar-refractivity contribution in [3.8, 4) is 0 Å². The minimum atomic E-state index is -1.53. The quantitative estimate of drug-likeness (QED) is 0.201. The Bertz CT molecular complexity index is 498. The molecule has 0 saturated carbocycles. The highest BCUT2D eigenvalue weighted by Crippen LogP contribution is 2.52. The first-order valence-corrected chi connectivity index (χ1v) is 8.00. The molecule has 23 heavy (non-hydrogen) atoms. The van der Waals surface area contributed by atoms with Gasteiger partial charge in [-0.25, -0.2) is 4.79 Å². The van der Waals surface area contributed by atoms with E-state index in [2.05, 4.69) is 11.9 Å². The third-order valence-electron chi connectivity index (χ3n) is 5.06. The number of hydrogen-bond donors (Lipinski definition) is 4. The van der Waals surface area contributed by atoms with Gasteiger partial charge in [-0.05, 0) is 38.9 Å². The van der Waals surface area contributed by atoms with Crippen LogP contribution in [0.1, 0.15) is 39.0 Å². The first kappa shape index (κ1) is 18.0. The summed E-state index contributed by atoms with van der Waals surface area (Å²) in [6, 6.07) is 0. The lowest BCUT2D eigenvalue weighted by molar-refractivity contribution is -0.235. The molecule has 0 spiro atoms. The van der Waals surface area contributed by atoms with Crippen LogP contribution in [0.15, 0.2) is 12.7 Å². The average Bonchev–Trinajstić information content (AvgIpc) is 2.65. The Morgan fingerprint density at radius 1 is 1.43 bits per heavy atom. The van der Waals surface area contributed by atoms with Crippen LogP contribution < -0.4 is 5.32 Å². The molecule has 0 aromatic carbocycles. The van der Waals surface area contributed by atoms with Crippen molar-refractivity contribution in [2.24, 2.45) is 5.92 Å². The number of esters is 1. The minimum Gasteiger partial charge on any atom is -0.453 e. The number of nitrogens with one attached hydrogen (secondary N) is 1. The van der Waals surface area contributed by atoms with Crippen LogP contribution >= 0.6 is 0 Å². The zero-order chi connectivity index (χ0) is 17.3. The van der Waals surface area contributed by atoms with E-state index in [1.165, 1.54) is 0 Å². The third-order valence-corrected chi connectivity index (χ3v) is 5.06. The topological polar surface area (TPSA) is 116 Å². The predicted octanol–water partition coefficient (Wildman–Crippen LogP) is -0.243. The number of aliphatic hydroxyl groups excluding tert-OH is 1. The molecule has 0 bridgehead atoms. The van der Waals surface area contributed by atoms with Crippen LogP contribution in [0.2, 0.25) is 6.32 Å². The highest BCUT2D eigenvalue weighted by molar-refractivity contribution is 6.41. The van der Waals surface area contributed by atoms with E-state index < -0.39 is 42.2 Å². The van der Waals surface area contributed by atoms with Crippen LogP contribution in [-0.4, -0.2) is 51.4 Å². The Kier molecular flexibility index (Phi) is 5.18. The highest BCUT2D eigenvalue weighted by Gasteiger charge is 2.78. The summed E-state index contributed by atoms with van der Waals surface area (Å²) in [4.78, 5) is 24.3. The number of allylic oxidation sites excluding steroid dienone is 1. The highest BCUT2D eigenvalue weighted by atomic mass is 16.6. The standard InChI is InChI=1S/C15H24BNO6/c1-3-4-5-6-7-11(18)15-13(20)23-14(15,2)10(12(19)17-15)8-9-16(21)22/h3,10-11,18,21-22H,1,4-9H2,2H3,(H,17,19)/t10-,11-,14-,15-/m0/s1. The van der Waals surface area contributed by atoms with Crippen LogP contribution in [0.4, 0.5) is 0 Å². The second-order valence-electron chi connectivity index (χ2n) is 6.49. The van der Waals surface area contributed by atoms with Gasteiger partial charge in [-0.2, -0.15) is 0 Å². The number of aliphatic hydroxyl groups is 1. The molecule has 2 aliphatic rings. The first-order valence-electron chi connectivity index (χ1n) is 8.00. The molecule has 8 heteroatoms. The van der Waals surface area contributed by atoms with Gasteiger partial charge in [0.1, 0.15) is 0 Å². The summed E-state index contributed by atoms with van der Waals surface area (Å²) in [7, 11) is -1.53. The normalized spacial score (nSPS) is 33.3. The third kappa shape index (κ3) is 2.79. The van der Waals surface area contributed by atoms with Crippen molar-refractivity contribution in [2.45, 2.75) is 62.6 Å². The maximum Gasteiger partial charge on any atom is 0.451 e. The largest absolute Gasteiger partial charge is 0.453 e. The Morgan fingerprint density at radius 3 is 2.70 bits per heavy atom. The van der Waals surface area contributed by atoms with E-state index in [9.17, 15) is 14.7 Å². The second kappa shape index (κ2) is 6.63. The van der Waals surface area contributed by atoms with E-state index in [-0.39, 0.29) is 12.7 Å². The lowest BCUT2D eigenvalue weighted by Crippen LogP contribution is -2.79. The van der Waals surface area contributed by atoms with Gasteiger partial charge in [-0.3, -0.25) is 4.79 Å². The number of hydrogen-bond acceptors (Lipinski definition) is 6. The molecule has 128 valence electrons. The number of unbranched alkanes of at least 4 members (excludes halogenated alkanes) is 2. The molecule has 7 nitrogen and oxygen atoms in total. The van der Waals surface area contributed by atoms with Gasteiger partial charge in [0.15, 0.2) is 5.60 Å². The molecule has 2 aliphatic heterocycles. The molecule has 0 radical (unpaired) electrons. The van der Waals surface area contributed by atoms with Gasteiger partial charge in [0.25, 0.3) is 0 Å². The molecule has 1 amide bonds. The fourth-order valence-corrected chi connectivity index (χ4v) is 3.68. The van der Waals surface area contributed by atoms with E-state index in [1.807, 2.05) is 0 Å². The van der Waals surface area contributed by atoms with E-state index >= 15 is 0 Å². The summed E-state index contributed by atoms with van der Waals surface area (Å²) < 4.78 is 5.26. The zero-order valence-corrected chi connectivity index (χ0v) is 13.3. The molecule has 0 unspecified atom stereocenters. The smallest absolute Gasteiger partial charge is 0.451 e. The lowest BCUT2D eigenvalue weighted by atomic mass is 9.65. The number of fused-ring (bicyclic) bond motifs is 1. The van der Waals surface area contributed by atoms with Crippen molar-refractivity contribution >= 4 is 19.0 Å². The summed E-state index contributed by atoms with van der Waals surface area (Å²) in [5.41, 5.74) is -2.59. The van der Waals surface area contributed by atoms with Crippen LogP contribution in [0.5, 0.6) is 0 Å². The van der Waals surface area contributed by atoms with Crippen molar-refractivity contribution in [3.05, 3.63) is 12.7 Å². The molecule has 2 saturated heterocycles. The molecule has 2 fully saturated rings. The molecular weight excluding hydrogens is 301 g/mol. The Morgan fingerprint density at radius 2 is 2.13 bits per heavy atom. The summed E-state index contributed by atoms with van der Waals surface area (Å²) in [6.07, 6.45) is 3.66. The summed E-state index contributed by atoms with van der Waals surface area (Å²) in [5.74, 6) is -1.73. The number of amides is 1. The van der Waals surface area contributed by atoms with Crippen molar-refractivity contribution in [2.75, 3.05) is 0 Å². The SMILES string of the molecule is C=CCCCC[C@H](O)[C@@]12NC(=O)[C@H](CCB(O)O)[C@]1(C)OC2=O. The maximum atomic E-state index is 12.3. The summed E-state index contributed by atoms with van der Waals surface area (Å²) >= 11 is 0. The molecule has 2 heterocycles. The molecule has 4 atom stereocenters. The molecule has 2 rings (SSSR count). The van der Waals surface area contributed by atoms with Gasteiger partial charge < -0.3 is 25.2 Å². The Balaban J connectivity index is 2.11. The Hall–Kier alpha value is -1.38. The van der Waals surface area contributed by atoms with Gasteiger partial charge >= 0.3 is 13.1 Å². The number of carbonyl (C=O) groups is 2. The molecule has 4 N–H and O–H groups in total. The Labute approximate surface area is 135 Å².